The van der Waals surface area contributed by atoms with E-state index < -0.39 is 0 Å². The van der Waals surface area contributed by atoms with Crippen molar-refractivity contribution in [1.29, 1.82) is 0 Å². The Hall–Kier alpha value is -0.910. The molecule has 1 aromatic rings. The summed E-state index contributed by atoms with van der Waals surface area (Å²) in [4.78, 5) is 4.22. The van der Waals surface area contributed by atoms with Gasteiger partial charge in [-0.25, -0.2) is 4.98 Å². The van der Waals surface area contributed by atoms with Crippen LogP contribution in [0.25, 0.3) is 0 Å². The van der Waals surface area contributed by atoms with Gasteiger partial charge in [0.25, 0.3) is 0 Å². The number of hydrogen-bond donors (Lipinski definition) is 1. The first-order chi connectivity index (χ1) is 9.38. The summed E-state index contributed by atoms with van der Waals surface area (Å²) < 4.78 is 12.6. The van der Waals surface area contributed by atoms with Crippen LogP contribution >= 0.6 is 0 Å². The maximum atomic E-state index is 5.44. The van der Waals surface area contributed by atoms with Crippen LogP contribution < -0.4 is 5.32 Å². The molecule has 1 rings (SSSR count). The number of aromatic nitrogens is 2. The van der Waals surface area contributed by atoms with Gasteiger partial charge in [0, 0.05) is 33.0 Å². The molecule has 1 heterocycles. The van der Waals surface area contributed by atoms with Crippen molar-refractivity contribution in [3.8, 4) is 0 Å². The van der Waals surface area contributed by atoms with Gasteiger partial charge in [-0.15, -0.1) is 0 Å². The minimum absolute atomic E-state index is 0.675. The van der Waals surface area contributed by atoms with Gasteiger partial charge in [0.05, 0.1) is 25.2 Å². The van der Waals surface area contributed by atoms with Crippen LogP contribution in [0.1, 0.15) is 31.9 Å². The van der Waals surface area contributed by atoms with E-state index in [0.29, 0.717) is 13.2 Å². The average Bonchev–Trinajstić information content (AvgIpc) is 2.86. The standard InChI is InChI=1S/C14H27N3O2/c1-3-6-15-11-14-12-16-13-17(14)7-4-5-8-19-10-9-18-2/h12-13,15H,3-11H2,1-2H3. The molecular weight excluding hydrogens is 242 g/mol. The zero-order valence-electron chi connectivity index (χ0n) is 12.2. The highest BCUT2D eigenvalue weighted by Crippen LogP contribution is 2.02. The molecule has 0 aliphatic rings. The fraction of sp³-hybridized carbons (Fsp3) is 0.786. The van der Waals surface area contributed by atoms with Crippen molar-refractivity contribution < 1.29 is 9.47 Å². The second-order valence-electron chi connectivity index (χ2n) is 4.57. The Morgan fingerprint density at radius 3 is 2.95 bits per heavy atom. The molecule has 0 spiro atoms. The van der Waals surface area contributed by atoms with E-state index in [1.54, 1.807) is 7.11 Å². The van der Waals surface area contributed by atoms with Crippen LogP contribution in [0.15, 0.2) is 12.5 Å². The molecule has 0 unspecified atom stereocenters. The van der Waals surface area contributed by atoms with Crippen molar-refractivity contribution >= 4 is 0 Å². The lowest BCUT2D eigenvalue weighted by Gasteiger charge is -2.09. The maximum Gasteiger partial charge on any atom is 0.0948 e. The third kappa shape index (κ3) is 7.30. The smallest absolute Gasteiger partial charge is 0.0948 e. The number of rotatable bonds is 12. The van der Waals surface area contributed by atoms with Crippen LogP contribution in [0.2, 0.25) is 0 Å². The lowest BCUT2D eigenvalue weighted by molar-refractivity contribution is 0.0684. The van der Waals surface area contributed by atoms with Crippen LogP contribution in [0.5, 0.6) is 0 Å². The Labute approximate surface area is 116 Å². The monoisotopic (exact) mass is 269 g/mol. The highest BCUT2D eigenvalue weighted by Gasteiger charge is 2.01. The Bertz CT molecular complexity index is 315. The molecule has 0 aliphatic heterocycles. The van der Waals surface area contributed by atoms with Crippen LogP contribution in [-0.2, 0) is 22.6 Å². The summed E-state index contributed by atoms with van der Waals surface area (Å²) in [5, 5.41) is 3.40. The van der Waals surface area contributed by atoms with Crippen LogP contribution in [0.3, 0.4) is 0 Å². The lowest BCUT2D eigenvalue weighted by atomic mass is 10.3. The molecule has 0 bridgehead atoms. The van der Waals surface area contributed by atoms with E-state index in [9.17, 15) is 0 Å². The average molecular weight is 269 g/mol. The Morgan fingerprint density at radius 1 is 1.26 bits per heavy atom. The minimum atomic E-state index is 0.675. The van der Waals surface area contributed by atoms with Gasteiger partial charge in [-0.05, 0) is 25.8 Å². The second-order valence-corrected chi connectivity index (χ2v) is 4.57. The number of aryl methyl sites for hydroxylation is 1. The SMILES string of the molecule is CCCNCc1cncn1CCCCOCCOC. The fourth-order valence-corrected chi connectivity index (χ4v) is 1.82. The highest BCUT2D eigenvalue weighted by atomic mass is 16.5. The molecule has 0 aromatic carbocycles. The number of imidazole rings is 1. The summed E-state index contributed by atoms with van der Waals surface area (Å²) in [6.45, 7) is 7.31. The van der Waals surface area contributed by atoms with Crippen molar-refractivity contribution in [3.63, 3.8) is 0 Å². The quantitative estimate of drug-likeness (QED) is 0.588. The van der Waals surface area contributed by atoms with E-state index >= 15 is 0 Å². The Morgan fingerprint density at radius 2 is 2.16 bits per heavy atom. The summed E-state index contributed by atoms with van der Waals surface area (Å²) in [6.07, 6.45) is 7.20. The summed E-state index contributed by atoms with van der Waals surface area (Å²) in [7, 11) is 1.69. The minimum Gasteiger partial charge on any atom is -0.382 e. The fourth-order valence-electron chi connectivity index (χ4n) is 1.82. The lowest BCUT2D eigenvalue weighted by Crippen LogP contribution is -2.16. The van der Waals surface area contributed by atoms with Crippen molar-refractivity contribution in [1.82, 2.24) is 14.9 Å². The molecule has 0 amide bonds. The molecule has 19 heavy (non-hydrogen) atoms. The number of nitrogens with zero attached hydrogens (tertiary/aromatic N) is 2. The molecule has 5 nitrogen and oxygen atoms in total. The van der Waals surface area contributed by atoms with E-state index in [4.69, 9.17) is 9.47 Å². The van der Waals surface area contributed by atoms with Gasteiger partial charge >= 0.3 is 0 Å². The number of hydrogen-bond acceptors (Lipinski definition) is 4. The number of unbranched alkanes of at least 4 members (excludes halogenated alkanes) is 1. The summed E-state index contributed by atoms with van der Waals surface area (Å²) in [6, 6.07) is 0. The molecular formula is C14H27N3O2. The largest absolute Gasteiger partial charge is 0.382 e. The third-order valence-electron chi connectivity index (χ3n) is 2.90. The van der Waals surface area contributed by atoms with E-state index in [1.807, 2.05) is 12.5 Å². The van der Waals surface area contributed by atoms with Gasteiger partial charge in [0.1, 0.15) is 0 Å². The molecule has 0 aliphatic carbocycles. The predicted molar refractivity (Wildman–Crippen MR) is 76.2 cm³/mol. The molecule has 1 aromatic heterocycles. The van der Waals surface area contributed by atoms with Gasteiger partial charge in [-0.2, -0.15) is 0 Å². The number of methoxy groups -OCH3 is 1. The molecule has 0 saturated carbocycles. The van der Waals surface area contributed by atoms with Crippen LogP contribution in [-0.4, -0.2) is 43.0 Å². The molecule has 110 valence electrons. The molecule has 0 saturated heterocycles. The first-order valence-corrected chi connectivity index (χ1v) is 7.15. The highest BCUT2D eigenvalue weighted by molar-refractivity contribution is 4.97. The summed E-state index contributed by atoms with van der Waals surface area (Å²) in [5.74, 6) is 0. The summed E-state index contributed by atoms with van der Waals surface area (Å²) in [5.41, 5.74) is 1.26. The molecule has 0 atom stereocenters. The third-order valence-corrected chi connectivity index (χ3v) is 2.90. The summed E-state index contributed by atoms with van der Waals surface area (Å²) >= 11 is 0. The van der Waals surface area contributed by atoms with Gasteiger partial charge in [0.2, 0.25) is 0 Å². The maximum absolute atomic E-state index is 5.44. The topological polar surface area (TPSA) is 48.3 Å². The molecule has 0 fully saturated rings. The van der Waals surface area contributed by atoms with Gasteiger partial charge in [-0.3, -0.25) is 0 Å². The Kier molecular flexibility index (Phi) is 9.32. The zero-order chi connectivity index (χ0) is 13.8. The zero-order valence-corrected chi connectivity index (χ0v) is 12.2. The van der Waals surface area contributed by atoms with E-state index in [2.05, 4.69) is 21.8 Å². The first kappa shape index (κ1) is 16.1. The van der Waals surface area contributed by atoms with E-state index in [0.717, 1.165) is 45.5 Å². The predicted octanol–water partition coefficient (Wildman–Crippen LogP) is 1.83. The van der Waals surface area contributed by atoms with Crippen LogP contribution in [0, 0.1) is 0 Å². The second kappa shape index (κ2) is 11.0. The van der Waals surface area contributed by atoms with Crippen molar-refractivity contribution in [2.45, 2.75) is 39.3 Å². The number of nitrogens with one attached hydrogen (secondary N) is 1. The Balaban J connectivity index is 2.10. The van der Waals surface area contributed by atoms with Crippen molar-refractivity contribution in [2.24, 2.45) is 0 Å². The normalized spacial score (nSPS) is 11.1. The first-order valence-electron chi connectivity index (χ1n) is 7.15. The van der Waals surface area contributed by atoms with Crippen LogP contribution in [0.4, 0.5) is 0 Å². The van der Waals surface area contributed by atoms with Gasteiger partial charge in [0.15, 0.2) is 0 Å². The molecule has 5 heteroatoms. The van der Waals surface area contributed by atoms with E-state index in [-0.39, 0.29) is 0 Å². The van der Waals surface area contributed by atoms with Crippen molar-refractivity contribution in [3.05, 3.63) is 18.2 Å². The van der Waals surface area contributed by atoms with E-state index in [1.165, 1.54) is 5.69 Å². The molecule has 1 N–H and O–H groups in total. The number of ether oxygens (including phenoxy) is 2. The molecule has 0 radical (unpaired) electrons. The van der Waals surface area contributed by atoms with Gasteiger partial charge < -0.3 is 19.4 Å². The van der Waals surface area contributed by atoms with Gasteiger partial charge in [-0.1, -0.05) is 6.92 Å². The van der Waals surface area contributed by atoms with Crippen molar-refractivity contribution in [2.75, 3.05) is 33.5 Å².